The molecule has 0 spiro atoms. The highest BCUT2D eigenvalue weighted by atomic mass is 19.4. The molecule has 0 unspecified atom stereocenters. The zero-order valence-corrected chi connectivity index (χ0v) is 6.98. The molecule has 0 aromatic carbocycles. The third kappa shape index (κ3) is 1.50. The maximum Gasteiger partial charge on any atom is 0.396 e. The number of carbonyl (C=O) groups is 1. The average molecular weight is 197 g/mol. The molecule has 0 saturated carbocycles. The number of nitrogens with one attached hydrogen (secondary N) is 1. The summed E-state index contributed by atoms with van der Waals surface area (Å²) in [5.41, 5.74) is -2.14. The molecule has 1 aliphatic heterocycles. The fourth-order valence-electron chi connectivity index (χ4n) is 1.48. The summed E-state index contributed by atoms with van der Waals surface area (Å²) in [5, 5.41) is 11.0. The van der Waals surface area contributed by atoms with Gasteiger partial charge in [0, 0.05) is 13.1 Å². The zero-order chi connectivity index (χ0) is 10.3. The van der Waals surface area contributed by atoms with Gasteiger partial charge in [-0.25, -0.2) is 0 Å². The first-order valence-electron chi connectivity index (χ1n) is 3.79. The van der Waals surface area contributed by atoms with Crippen LogP contribution in [0.25, 0.3) is 0 Å². The molecule has 0 aromatic heterocycles. The van der Waals surface area contributed by atoms with Crippen LogP contribution < -0.4 is 5.32 Å². The van der Waals surface area contributed by atoms with Crippen LogP contribution in [-0.4, -0.2) is 30.3 Å². The molecular formula is C7H10F3NO2. The van der Waals surface area contributed by atoms with E-state index in [0.717, 1.165) is 6.92 Å². The van der Waals surface area contributed by atoms with Gasteiger partial charge in [0.15, 0.2) is 0 Å². The summed E-state index contributed by atoms with van der Waals surface area (Å²) in [6.07, 6.45) is -4.47. The van der Waals surface area contributed by atoms with E-state index in [1.165, 1.54) is 0 Å². The van der Waals surface area contributed by atoms with E-state index in [2.05, 4.69) is 5.32 Å². The fourth-order valence-corrected chi connectivity index (χ4v) is 1.48. The van der Waals surface area contributed by atoms with Crippen LogP contribution in [0.15, 0.2) is 0 Å². The lowest BCUT2D eigenvalue weighted by Crippen LogP contribution is -2.44. The Hall–Kier alpha value is -0.780. The topological polar surface area (TPSA) is 49.3 Å². The highest BCUT2D eigenvalue weighted by Crippen LogP contribution is 2.45. The van der Waals surface area contributed by atoms with Crippen LogP contribution in [-0.2, 0) is 4.79 Å². The second kappa shape index (κ2) is 2.87. The third-order valence-corrected chi connectivity index (χ3v) is 2.56. The van der Waals surface area contributed by atoms with Gasteiger partial charge in [0.25, 0.3) is 0 Å². The average Bonchev–Trinajstić information content (AvgIpc) is 2.30. The number of carboxylic acid groups (broad SMARTS) is 1. The Morgan fingerprint density at radius 3 is 2.46 bits per heavy atom. The maximum atomic E-state index is 12.5. The lowest BCUT2D eigenvalue weighted by atomic mass is 9.79. The van der Waals surface area contributed by atoms with Crippen molar-refractivity contribution in [3.8, 4) is 0 Å². The van der Waals surface area contributed by atoms with Gasteiger partial charge in [0.2, 0.25) is 0 Å². The largest absolute Gasteiger partial charge is 0.481 e. The van der Waals surface area contributed by atoms with Crippen LogP contribution in [0.5, 0.6) is 0 Å². The molecule has 1 fully saturated rings. The SMILES string of the molecule is C[C@@]1(C(F)(F)F)CNC[C@@H]1C(=O)O. The Morgan fingerprint density at radius 2 is 2.15 bits per heavy atom. The molecule has 6 heteroatoms. The zero-order valence-electron chi connectivity index (χ0n) is 6.98. The summed E-state index contributed by atoms with van der Waals surface area (Å²) in [6, 6.07) is 0. The maximum absolute atomic E-state index is 12.5. The number of aliphatic carboxylic acids is 1. The second-order valence-electron chi connectivity index (χ2n) is 3.44. The molecule has 2 N–H and O–H groups in total. The van der Waals surface area contributed by atoms with E-state index in [-0.39, 0.29) is 13.1 Å². The predicted octanol–water partition coefficient (Wildman–Crippen LogP) is 0.859. The highest BCUT2D eigenvalue weighted by molar-refractivity contribution is 5.72. The van der Waals surface area contributed by atoms with Crippen LogP contribution in [0.1, 0.15) is 6.92 Å². The van der Waals surface area contributed by atoms with Crippen molar-refractivity contribution in [2.24, 2.45) is 11.3 Å². The first-order valence-corrected chi connectivity index (χ1v) is 3.79. The van der Waals surface area contributed by atoms with Gasteiger partial charge in [-0.15, -0.1) is 0 Å². The minimum absolute atomic E-state index is 0.120. The number of carboxylic acids is 1. The molecule has 1 heterocycles. The Labute approximate surface area is 72.9 Å². The summed E-state index contributed by atoms with van der Waals surface area (Å²) >= 11 is 0. The molecule has 3 nitrogen and oxygen atoms in total. The van der Waals surface area contributed by atoms with Crippen molar-refractivity contribution in [3.05, 3.63) is 0 Å². The first-order chi connectivity index (χ1) is 5.79. The van der Waals surface area contributed by atoms with Crippen LogP contribution in [0.2, 0.25) is 0 Å². The Bertz CT molecular complexity index is 228. The van der Waals surface area contributed by atoms with Crippen LogP contribution in [0.3, 0.4) is 0 Å². The summed E-state index contributed by atoms with van der Waals surface area (Å²) < 4.78 is 37.4. The molecule has 0 radical (unpaired) electrons. The van der Waals surface area contributed by atoms with Gasteiger partial charge >= 0.3 is 12.1 Å². The normalized spacial score (nSPS) is 34.9. The van der Waals surface area contributed by atoms with Gasteiger partial charge in [0.05, 0.1) is 11.3 Å². The van der Waals surface area contributed by atoms with E-state index in [0.29, 0.717) is 0 Å². The van der Waals surface area contributed by atoms with E-state index in [9.17, 15) is 18.0 Å². The lowest BCUT2D eigenvalue weighted by Gasteiger charge is -2.30. The van der Waals surface area contributed by atoms with Crippen LogP contribution in [0.4, 0.5) is 13.2 Å². The number of rotatable bonds is 1. The molecule has 0 bridgehead atoms. The molecule has 13 heavy (non-hydrogen) atoms. The van der Waals surface area contributed by atoms with Crippen molar-refractivity contribution in [3.63, 3.8) is 0 Å². The van der Waals surface area contributed by atoms with E-state index >= 15 is 0 Å². The number of hydrogen-bond donors (Lipinski definition) is 2. The van der Waals surface area contributed by atoms with E-state index < -0.39 is 23.5 Å². The highest BCUT2D eigenvalue weighted by Gasteiger charge is 2.60. The summed E-state index contributed by atoms with van der Waals surface area (Å²) in [4.78, 5) is 10.5. The second-order valence-corrected chi connectivity index (χ2v) is 3.44. The van der Waals surface area contributed by atoms with E-state index in [1.807, 2.05) is 0 Å². The van der Waals surface area contributed by atoms with E-state index in [4.69, 9.17) is 5.11 Å². The molecule has 0 amide bonds. The monoisotopic (exact) mass is 197 g/mol. The van der Waals surface area contributed by atoms with Gasteiger partial charge < -0.3 is 10.4 Å². The Balaban J connectivity index is 2.95. The molecule has 1 rings (SSSR count). The molecule has 2 atom stereocenters. The van der Waals surface area contributed by atoms with Gasteiger partial charge in [-0.3, -0.25) is 4.79 Å². The first kappa shape index (κ1) is 10.3. The quantitative estimate of drug-likeness (QED) is 0.655. The summed E-state index contributed by atoms with van der Waals surface area (Å²) in [7, 11) is 0. The molecule has 0 aliphatic carbocycles. The van der Waals surface area contributed by atoms with Gasteiger partial charge in [-0.05, 0) is 6.92 Å². The van der Waals surface area contributed by atoms with Crippen molar-refractivity contribution >= 4 is 5.97 Å². The Kier molecular flexibility index (Phi) is 2.27. The minimum atomic E-state index is -4.47. The van der Waals surface area contributed by atoms with Crippen molar-refractivity contribution in [2.75, 3.05) is 13.1 Å². The summed E-state index contributed by atoms with van der Waals surface area (Å²) in [5.74, 6) is -2.78. The van der Waals surface area contributed by atoms with Gasteiger partial charge in [-0.2, -0.15) is 13.2 Å². The molecule has 0 aromatic rings. The fraction of sp³-hybridized carbons (Fsp3) is 0.857. The van der Waals surface area contributed by atoms with Gasteiger partial charge in [-0.1, -0.05) is 0 Å². The van der Waals surface area contributed by atoms with Crippen molar-refractivity contribution in [1.82, 2.24) is 5.32 Å². The standard InChI is InChI=1S/C7H10F3NO2/c1-6(7(8,9)10)3-11-2-4(6)5(12)13/h4,11H,2-3H2,1H3,(H,12,13)/t4-,6-/m1/s1. The van der Waals surface area contributed by atoms with E-state index in [1.54, 1.807) is 0 Å². The number of alkyl halides is 3. The third-order valence-electron chi connectivity index (χ3n) is 2.56. The molecule has 1 saturated heterocycles. The van der Waals surface area contributed by atoms with Crippen molar-refractivity contribution in [1.29, 1.82) is 0 Å². The van der Waals surface area contributed by atoms with Gasteiger partial charge in [0.1, 0.15) is 0 Å². The van der Waals surface area contributed by atoms with Crippen LogP contribution >= 0.6 is 0 Å². The number of halogens is 3. The lowest BCUT2D eigenvalue weighted by molar-refractivity contribution is -0.227. The predicted molar refractivity (Wildman–Crippen MR) is 38.2 cm³/mol. The molecule has 1 aliphatic rings. The van der Waals surface area contributed by atoms with Crippen molar-refractivity contribution in [2.45, 2.75) is 13.1 Å². The smallest absolute Gasteiger partial charge is 0.396 e. The van der Waals surface area contributed by atoms with Crippen LogP contribution in [0, 0.1) is 11.3 Å². The molecule has 76 valence electrons. The molecular weight excluding hydrogens is 187 g/mol. The Morgan fingerprint density at radius 1 is 1.62 bits per heavy atom. The summed E-state index contributed by atoms with van der Waals surface area (Å²) in [6.45, 7) is 0.491. The minimum Gasteiger partial charge on any atom is -0.481 e. The number of hydrogen-bond acceptors (Lipinski definition) is 2. The van der Waals surface area contributed by atoms with Crippen molar-refractivity contribution < 1.29 is 23.1 Å².